The Morgan fingerprint density at radius 3 is 2.55 bits per heavy atom. The van der Waals surface area contributed by atoms with E-state index in [1.165, 1.54) is 35.2 Å². The highest BCUT2D eigenvalue weighted by Crippen LogP contribution is 2.47. The smallest absolute Gasteiger partial charge is 0.191 e. The number of hydrogen-bond acceptors (Lipinski definition) is 4. The second-order valence-electron chi connectivity index (χ2n) is 8.31. The van der Waals surface area contributed by atoms with Gasteiger partial charge in [0, 0.05) is 25.6 Å². The molecule has 170 valence electrons. The molecule has 33 heavy (non-hydrogen) atoms. The van der Waals surface area contributed by atoms with Crippen molar-refractivity contribution in [2.24, 2.45) is 4.99 Å². The molecule has 0 atom stereocenters. The predicted molar refractivity (Wildman–Crippen MR) is 128 cm³/mol. The van der Waals surface area contributed by atoms with Crippen molar-refractivity contribution < 1.29 is 4.39 Å². The van der Waals surface area contributed by atoms with Crippen molar-refractivity contribution >= 4 is 11.8 Å². The van der Waals surface area contributed by atoms with Gasteiger partial charge in [0.2, 0.25) is 0 Å². The quantitative estimate of drug-likeness (QED) is 0.280. The topological polar surface area (TPSA) is 104 Å². The van der Waals surface area contributed by atoms with Crippen LogP contribution in [0.1, 0.15) is 36.1 Å². The number of aliphatic imine (C=N–C) groups is 1. The lowest BCUT2D eigenvalue weighted by atomic mass is 9.96. The average molecular weight is 446 g/mol. The molecule has 3 aromatic rings. The van der Waals surface area contributed by atoms with Crippen molar-refractivity contribution in [1.29, 1.82) is 5.26 Å². The minimum absolute atomic E-state index is 0.200. The third-order valence-electron chi connectivity index (χ3n) is 6.12. The van der Waals surface area contributed by atoms with Crippen LogP contribution in [0, 0.1) is 17.1 Å². The molecule has 1 aliphatic carbocycles. The molecule has 7 nitrogen and oxygen atoms in total. The molecule has 0 bridgehead atoms. The van der Waals surface area contributed by atoms with E-state index in [9.17, 15) is 9.65 Å². The van der Waals surface area contributed by atoms with Crippen LogP contribution < -0.4 is 16.4 Å². The normalized spacial score (nSPS) is 14.5. The second kappa shape index (κ2) is 9.74. The van der Waals surface area contributed by atoms with Gasteiger partial charge < -0.3 is 16.4 Å². The molecular weight excluding hydrogens is 417 g/mol. The maximum atomic E-state index is 13.2. The largest absolute Gasteiger partial charge is 0.382 e. The fourth-order valence-electron chi connectivity index (χ4n) is 4.00. The van der Waals surface area contributed by atoms with E-state index in [2.05, 4.69) is 51.1 Å². The lowest BCUT2D eigenvalue weighted by molar-refractivity contribution is 0.627. The van der Waals surface area contributed by atoms with E-state index in [4.69, 9.17) is 5.73 Å². The predicted octanol–water partition coefficient (Wildman–Crippen LogP) is 3.29. The number of nitrogens with two attached hydrogens (primary N) is 1. The summed E-state index contributed by atoms with van der Waals surface area (Å²) in [5.41, 5.74) is 9.31. The third-order valence-corrected chi connectivity index (χ3v) is 6.12. The molecule has 1 aliphatic rings. The summed E-state index contributed by atoms with van der Waals surface area (Å²) in [5, 5.41) is 20.8. The van der Waals surface area contributed by atoms with Crippen LogP contribution in [0.4, 0.5) is 10.2 Å². The molecule has 1 heterocycles. The van der Waals surface area contributed by atoms with Gasteiger partial charge in [-0.25, -0.2) is 9.07 Å². The van der Waals surface area contributed by atoms with Crippen LogP contribution in [0.5, 0.6) is 0 Å². The van der Waals surface area contributed by atoms with E-state index in [0.717, 1.165) is 18.9 Å². The summed E-state index contributed by atoms with van der Waals surface area (Å²) in [6.07, 6.45) is 3.68. The summed E-state index contributed by atoms with van der Waals surface area (Å²) in [4.78, 5) is 4.33. The van der Waals surface area contributed by atoms with E-state index in [0.29, 0.717) is 29.9 Å². The molecule has 0 amide bonds. The van der Waals surface area contributed by atoms with Crippen LogP contribution in [0.3, 0.4) is 0 Å². The van der Waals surface area contributed by atoms with Gasteiger partial charge in [0.05, 0.1) is 11.4 Å². The summed E-state index contributed by atoms with van der Waals surface area (Å²) in [6, 6.07) is 18.6. The Hall–Kier alpha value is -3.86. The van der Waals surface area contributed by atoms with E-state index >= 15 is 0 Å². The molecule has 0 radical (unpaired) electrons. The van der Waals surface area contributed by atoms with Crippen LogP contribution in [-0.4, -0.2) is 35.9 Å². The lowest BCUT2D eigenvalue weighted by Crippen LogP contribution is -2.41. The Labute approximate surface area is 193 Å². The Kier molecular flexibility index (Phi) is 6.59. The summed E-state index contributed by atoms with van der Waals surface area (Å²) >= 11 is 0. The van der Waals surface area contributed by atoms with Crippen molar-refractivity contribution in [2.75, 3.05) is 25.9 Å². The van der Waals surface area contributed by atoms with Gasteiger partial charge in [-0.3, -0.25) is 4.99 Å². The number of guanidine groups is 1. The summed E-state index contributed by atoms with van der Waals surface area (Å²) in [7, 11) is 1.76. The molecule has 4 N–H and O–H groups in total. The van der Waals surface area contributed by atoms with Gasteiger partial charge in [0.1, 0.15) is 23.3 Å². The third kappa shape index (κ3) is 4.98. The van der Waals surface area contributed by atoms with Crippen molar-refractivity contribution in [2.45, 2.75) is 31.1 Å². The number of anilines is 1. The van der Waals surface area contributed by atoms with Crippen molar-refractivity contribution in [3.63, 3.8) is 0 Å². The minimum Gasteiger partial charge on any atom is -0.382 e. The standard InChI is InChI=1S/C25H28FN7/c1-29-24(31-17-25(13-14-25)18-6-3-2-4-7-18)30-15-5-8-22-21(16-27)23(28)33(32-22)20-11-9-19(26)10-12-20/h2-4,6-7,9-12H,5,8,13-15,17,28H2,1H3,(H2,29,30,31). The Morgan fingerprint density at radius 1 is 1.18 bits per heavy atom. The van der Waals surface area contributed by atoms with Gasteiger partial charge in [0.25, 0.3) is 0 Å². The van der Waals surface area contributed by atoms with Gasteiger partial charge in [-0.05, 0) is 55.5 Å². The van der Waals surface area contributed by atoms with E-state index in [-0.39, 0.29) is 17.1 Å². The molecule has 1 fully saturated rings. The first-order valence-electron chi connectivity index (χ1n) is 11.1. The molecule has 0 saturated heterocycles. The average Bonchev–Trinajstić information content (AvgIpc) is 3.57. The fourth-order valence-corrected chi connectivity index (χ4v) is 4.00. The van der Waals surface area contributed by atoms with Crippen LogP contribution in [0.15, 0.2) is 59.6 Å². The van der Waals surface area contributed by atoms with Crippen molar-refractivity contribution in [3.8, 4) is 11.8 Å². The van der Waals surface area contributed by atoms with Gasteiger partial charge in [-0.2, -0.15) is 10.4 Å². The summed E-state index contributed by atoms with van der Waals surface area (Å²) in [6.45, 7) is 1.51. The van der Waals surface area contributed by atoms with Crippen molar-refractivity contribution in [1.82, 2.24) is 20.4 Å². The lowest BCUT2D eigenvalue weighted by Gasteiger charge is -2.19. The fraction of sp³-hybridized carbons (Fsp3) is 0.320. The Bertz CT molecular complexity index is 1160. The van der Waals surface area contributed by atoms with Gasteiger partial charge >= 0.3 is 0 Å². The zero-order valence-corrected chi connectivity index (χ0v) is 18.7. The molecule has 4 rings (SSSR count). The number of hydrogen-bond donors (Lipinski definition) is 3. The summed E-state index contributed by atoms with van der Waals surface area (Å²) in [5.74, 6) is 0.684. The number of benzene rings is 2. The monoisotopic (exact) mass is 445 g/mol. The van der Waals surface area contributed by atoms with Crippen LogP contribution in [-0.2, 0) is 11.8 Å². The van der Waals surface area contributed by atoms with E-state index in [1.807, 2.05) is 6.07 Å². The number of rotatable bonds is 8. The van der Waals surface area contributed by atoms with E-state index in [1.54, 1.807) is 19.2 Å². The number of nitrogen functional groups attached to an aromatic ring is 1. The molecule has 1 aromatic heterocycles. The first-order valence-corrected chi connectivity index (χ1v) is 11.1. The first-order chi connectivity index (χ1) is 16.1. The molecule has 0 spiro atoms. The maximum Gasteiger partial charge on any atom is 0.191 e. The Balaban J connectivity index is 1.31. The van der Waals surface area contributed by atoms with Crippen molar-refractivity contribution in [3.05, 3.63) is 77.2 Å². The number of halogens is 1. The van der Waals surface area contributed by atoms with Crippen LogP contribution in [0.2, 0.25) is 0 Å². The zero-order chi connectivity index (χ0) is 23.3. The number of nitriles is 1. The Morgan fingerprint density at radius 2 is 1.91 bits per heavy atom. The number of aromatic nitrogens is 2. The van der Waals surface area contributed by atoms with Crippen LogP contribution in [0.25, 0.3) is 5.69 Å². The van der Waals surface area contributed by atoms with E-state index < -0.39 is 0 Å². The minimum atomic E-state index is -0.338. The highest BCUT2D eigenvalue weighted by molar-refractivity contribution is 5.79. The zero-order valence-electron chi connectivity index (χ0n) is 18.7. The van der Waals surface area contributed by atoms with Crippen LogP contribution >= 0.6 is 0 Å². The molecule has 2 aromatic carbocycles. The molecule has 0 unspecified atom stereocenters. The second-order valence-corrected chi connectivity index (χ2v) is 8.31. The highest BCUT2D eigenvalue weighted by atomic mass is 19.1. The maximum absolute atomic E-state index is 13.2. The molecular formula is C25H28FN7. The molecule has 1 saturated carbocycles. The summed E-state index contributed by atoms with van der Waals surface area (Å²) < 4.78 is 14.7. The number of nitrogens with one attached hydrogen (secondary N) is 2. The van der Waals surface area contributed by atoms with Gasteiger partial charge in [0.15, 0.2) is 5.96 Å². The van der Waals surface area contributed by atoms with Gasteiger partial charge in [-0.1, -0.05) is 30.3 Å². The molecule has 0 aliphatic heterocycles. The first kappa shape index (κ1) is 22.3. The molecule has 8 heteroatoms. The SMILES string of the molecule is CN=C(NCCCc1nn(-c2ccc(F)cc2)c(N)c1C#N)NCC1(c2ccccc2)CC1. The van der Waals surface area contributed by atoms with Gasteiger partial charge in [-0.15, -0.1) is 0 Å². The highest BCUT2D eigenvalue weighted by Gasteiger charge is 2.43. The number of nitrogens with zero attached hydrogens (tertiary/aromatic N) is 4. The number of aryl methyl sites for hydroxylation is 1.